The van der Waals surface area contributed by atoms with E-state index < -0.39 is 0 Å². The summed E-state index contributed by atoms with van der Waals surface area (Å²) in [5.74, 6) is 0.510. The first kappa shape index (κ1) is 8.97. The van der Waals surface area contributed by atoms with Crippen molar-refractivity contribution < 1.29 is 5.11 Å². The standard InChI is InChI=1S/C9H14N2OS/c12-7-8-1-4-11(5-2-8)9-10-3-6-13-9/h3,6,8,12H,1-2,4-5,7H2. The number of rotatable bonds is 2. The number of aromatic nitrogens is 1. The summed E-state index contributed by atoms with van der Waals surface area (Å²) in [6, 6.07) is 0. The van der Waals surface area contributed by atoms with Gasteiger partial charge in [0, 0.05) is 31.3 Å². The molecule has 3 nitrogen and oxygen atoms in total. The number of anilines is 1. The quantitative estimate of drug-likeness (QED) is 0.779. The van der Waals surface area contributed by atoms with Gasteiger partial charge in [0.1, 0.15) is 0 Å². The van der Waals surface area contributed by atoms with Crippen LogP contribution in [0.25, 0.3) is 0 Å². The van der Waals surface area contributed by atoms with Crippen molar-refractivity contribution in [3.8, 4) is 0 Å². The summed E-state index contributed by atoms with van der Waals surface area (Å²) in [6.45, 7) is 2.42. The molecule has 0 saturated carbocycles. The Kier molecular flexibility index (Phi) is 2.80. The van der Waals surface area contributed by atoms with Crippen LogP contribution in [0.15, 0.2) is 11.6 Å². The van der Waals surface area contributed by atoms with Gasteiger partial charge in [-0.15, -0.1) is 11.3 Å². The minimum atomic E-state index is 0.339. The summed E-state index contributed by atoms with van der Waals surface area (Å²) >= 11 is 1.69. The average molecular weight is 198 g/mol. The Morgan fingerprint density at radius 1 is 1.54 bits per heavy atom. The lowest BCUT2D eigenvalue weighted by molar-refractivity contribution is 0.203. The second-order valence-electron chi connectivity index (χ2n) is 3.43. The first-order valence-electron chi connectivity index (χ1n) is 4.65. The van der Waals surface area contributed by atoms with E-state index in [0.717, 1.165) is 31.1 Å². The summed E-state index contributed by atoms with van der Waals surface area (Å²) in [5.41, 5.74) is 0. The molecule has 13 heavy (non-hydrogen) atoms. The summed E-state index contributed by atoms with van der Waals surface area (Å²) in [6.07, 6.45) is 4.03. The van der Waals surface area contributed by atoms with Crippen molar-refractivity contribution in [2.45, 2.75) is 12.8 Å². The molecule has 0 unspecified atom stereocenters. The maximum absolute atomic E-state index is 8.98. The van der Waals surface area contributed by atoms with Gasteiger partial charge in [0.15, 0.2) is 5.13 Å². The molecule has 2 rings (SSSR count). The van der Waals surface area contributed by atoms with Crippen molar-refractivity contribution in [3.05, 3.63) is 11.6 Å². The molecule has 1 aromatic heterocycles. The van der Waals surface area contributed by atoms with Crippen LogP contribution in [-0.2, 0) is 0 Å². The van der Waals surface area contributed by atoms with Crippen LogP contribution in [-0.4, -0.2) is 29.8 Å². The van der Waals surface area contributed by atoms with E-state index in [4.69, 9.17) is 5.11 Å². The predicted molar refractivity (Wildman–Crippen MR) is 54.1 cm³/mol. The first-order chi connectivity index (χ1) is 6.40. The van der Waals surface area contributed by atoms with E-state index in [1.54, 1.807) is 11.3 Å². The molecule has 0 spiro atoms. The third-order valence-electron chi connectivity index (χ3n) is 2.56. The van der Waals surface area contributed by atoms with E-state index in [-0.39, 0.29) is 0 Å². The molecule has 1 aromatic rings. The number of aliphatic hydroxyl groups is 1. The van der Waals surface area contributed by atoms with Gasteiger partial charge in [-0.3, -0.25) is 0 Å². The van der Waals surface area contributed by atoms with E-state index in [0.29, 0.717) is 12.5 Å². The Labute approximate surface area is 82.0 Å². The Balaban J connectivity index is 1.92. The fourth-order valence-electron chi connectivity index (χ4n) is 1.68. The van der Waals surface area contributed by atoms with E-state index in [9.17, 15) is 0 Å². The normalized spacial score (nSPS) is 19.3. The van der Waals surface area contributed by atoms with E-state index in [1.165, 1.54) is 0 Å². The molecule has 0 bridgehead atoms. The summed E-state index contributed by atoms with van der Waals surface area (Å²) in [4.78, 5) is 6.58. The van der Waals surface area contributed by atoms with Crippen molar-refractivity contribution in [1.82, 2.24) is 4.98 Å². The smallest absolute Gasteiger partial charge is 0.185 e. The molecule has 1 aliphatic heterocycles. The number of nitrogens with zero attached hydrogens (tertiary/aromatic N) is 2. The zero-order chi connectivity index (χ0) is 9.10. The van der Waals surface area contributed by atoms with Crippen LogP contribution in [0.1, 0.15) is 12.8 Å². The second-order valence-corrected chi connectivity index (χ2v) is 4.30. The number of aliphatic hydroxyl groups excluding tert-OH is 1. The van der Waals surface area contributed by atoms with Gasteiger partial charge in [-0.1, -0.05) is 0 Å². The fraction of sp³-hybridized carbons (Fsp3) is 0.667. The van der Waals surface area contributed by atoms with Crippen LogP contribution in [0.2, 0.25) is 0 Å². The van der Waals surface area contributed by atoms with Gasteiger partial charge < -0.3 is 10.0 Å². The molecule has 0 amide bonds. The van der Waals surface area contributed by atoms with Gasteiger partial charge in [0.25, 0.3) is 0 Å². The Morgan fingerprint density at radius 3 is 2.85 bits per heavy atom. The Hall–Kier alpha value is -0.610. The highest BCUT2D eigenvalue weighted by atomic mass is 32.1. The van der Waals surface area contributed by atoms with Crippen LogP contribution in [0.4, 0.5) is 5.13 Å². The number of piperidine rings is 1. The van der Waals surface area contributed by atoms with Crippen LogP contribution < -0.4 is 4.90 Å². The van der Waals surface area contributed by atoms with Crippen molar-refractivity contribution >= 4 is 16.5 Å². The topological polar surface area (TPSA) is 36.4 Å². The Bertz CT molecular complexity index is 242. The van der Waals surface area contributed by atoms with E-state index in [1.807, 2.05) is 11.6 Å². The largest absolute Gasteiger partial charge is 0.396 e. The van der Waals surface area contributed by atoms with Crippen LogP contribution >= 0.6 is 11.3 Å². The highest BCUT2D eigenvalue weighted by molar-refractivity contribution is 7.13. The number of hydrogen-bond acceptors (Lipinski definition) is 4. The van der Waals surface area contributed by atoms with Gasteiger partial charge >= 0.3 is 0 Å². The van der Waals surface area contributed by atoms with Crippen LogP contribution in [0.5, 0.6) is 0 Å². The number of thiazole rings is 1. The third-order valence-corrected chi connectivity index (χ3v) is 3.39. The molecule has 72 valence electrons. The van der Waals surface area contributed by atoms with Crippen LogP contribution in [0.3, 0.4) is 0 Å². The lowest BCUT2D eigenvalue weighted by atomic mass is 9.98. The van der Waals surface area contributed by atoms with Crippen molar-refractivity contribution in [2.24, 2.45) is 5.92 Å². The lowest BCUT2D eigenvalue weighted by Gasteiger charge is -2.30. The molecular weight excluding hydrogens is 184 g/mol. The molecule has 2 heterocycles. The molecule has 4 heteroatoms. The summed E-state index contributed by atoms with van der Waals surface area (Å²) in [5, 5.41) is 12.1. The monoisotopic (exact) mass is 198 g/mol. The molecule has 0 atom stereocenters. The predicted octanol–water partition coefficient (Wildman–Crippen LogP) is 1.35. The summed E-state index contributed by atoms with van der Waals surface area (Å²) in [7, 11) is 0. The molecule has 0 radical (unpaired) electrons. The molecule has 0 aliphatic carbocycles. The molecule has 1 saturated heterocycles. The SMILES string of the molecule is OCC1CCN(c2nccs2)CC1. The average Bonchev–Trinajstić information content (AvgIpc) is 2.71. The van der Waals surface area contributed by atoms with Crippen molar-refractivity contribution in [1.29, 1.82) is 0 Å². The highest BCUT2D eigenvalue weighted by Gasteiger charge is 2.19. The zero-order valence-corrected chi connectivity index (χ0v) is 8.33. The Morgan fingerprint density at radius 2 is 2.31 bits per heavy atom. The number of hydrogen-bond donors (Lipinski definition) is 1. The highest BCUT2D eigenvalue weighted by Crippen LogP contribution is 2.24. The van der Waals surface area contributed by atoms with Gasteiger partial charge in [-0.2, -0.15) is 0 Å². The van der Waals surface area contributed by atoms with E-state index >= 15 is 0 Å². The van der Waals surface area contributed by atoms with Gasteiger partial charge in [0.05, 0.1) is 0 Å². The molecular formula is C9H14N2OS. The van der Waals surface area contributed by atoms with Gasteiger partial charge in [-0.25, -0.2) is 4.98 Å². The molecule has 1 fully saturated rings. The minimum absolute atomic E-state index is 0.339. The van der Waals surface area contributed by atoms with Crippen LogP contribution in [0, 0.1) is 5.92 Å². The molecule has 1 aliphatic rings. The first-order valence-corrected chi connectivity index (χ1v) is 5.53. The fourth-order valence-corrected chi connectivity index (χ4v) is 2.38. The zero-order valence-electron chi connectivity index (χ0n) is 7.52. The maximum atomic E-state index is 8.98. The molecule has 1 N–H and O–H groups in total. The van der Waals surface area contributed by atoms with Gasteiger partial charge in [-0.05, 0) is 18.8 Å². The minimum Gasteiger partial charge on any atom is -0.396 e. The summed E-state index contributed by atoms with van der Waals surface area (Å²) < 4.78 is 0. The van der Waals surface area contributed by atoms with Crippen molar-refractivity contribution in [3.63, 3.8) is 0 Å². The lowest BCUT2D eigenvalue weighted by Crippen LogP contribution is -2.34. The van der Waals surface area contributed by atoms with E-state index in [2.05, 4.69) is 9.88 Å². The third kappa shape index (κ3) is 2.00. The molecule has 0 aromatic carbocycles. The maximum Gasteiger partial charge on any atom is 0.185 e. The van der Waals surface area contributed by atoms with Gasteiger partial charge in [0.2, 0.25) is 0 Å². The van der Waals surface area contributed by atoms with Crippen molar-refractivity contribution in [2.75, 3.05) is 24.6 Å². The second kappa shape index (κ2) is 4.07.